The molecule has 8 heteroatoms. The Balaban J connectivity index is 1.80. The number of hydrogen-bond donors (Lipinski definition) is 3. The number of ether oxygens (including phenoxy) is 1. The van der Waals surface area contributed by atoms with Crippen LogP contribution in [0.25, 0.3) is 0 Å². The zero-order chi connectivity index (χ0) is 19.4. The van der Waals surface area contributed by atoms with Crippen molar-refractivity contribution in [3.8, 4) is 5.75 Å². The molecule has 2 aromatic rings. The molecule has 1 amide bonds. The van der Waals surface area contributed by atoms with Crippen LogP contribution in [0.5, 0.6) is 5.75 Å². The standard InChI is InChI=1S/C19H23N3O4S/c1-13-3-4-16(21-19(23)14-9-10-20-12-14)11-18(13)27(24,25)22-15-5-7-17(26-2)8-6-15/h3-8,11,14,20,22H,9-10,12H2,1-2H3,(H,21,23). The summed E-state index contributed by atoms with van der Waals surface area (Å²) >= 11 is 0. The Labute approximate surface area is 159 Å². The van der Waals surface area contributed by atoms with Crippen molar-refractivity contribution in [2.24, 2.45) is 5.92 Å². The summed E-state index contributed by atoms with van der Waals surface area (Å²) in [6.45, 7) is 3.17. The molecule has 0 radical (unpaired) electrons. The van der Waals surface area contributed by atoms with Gasteiger partial charge in [0.2, 0.25) is 5.91 Å². The van der Waals surface area contributed by atoms with Crippen LogP contribution in [-0.2, 0) is 14.8 Å². The number of nitrogens with one attached hydrogen (secondary N) is 3. The van der Waals surface area contributed by atoms with Crippen molar-refractivity contribution in [1.82, 2.24) is 5.32 Å². The summed E-state index contributed by atoms with van der Waals surface area (Å²) in [4.78, 5) is 12.4. The Bertz CT molecular complexity index is 920. The van der Waals surface area contributed by atoms with Gasteiger partial charge in [-0.3, -0.25) is 9.52 Å². The van der Waals surface area contributed by atoms with Crippen LogP contribution in [0.2, 0.25) is 0 Å². The molecule has 0 aromatic heterocycles. The average molecular weight is 389 g/mol. The third kappa shape index (κ3) is 4.58. The largest absolute Gasteiger partial charge is 0.497 e. The van der Waals surface area contributed by atoms with Gasteiger partial charge in [0.05, 0.1) is 17.9 Å². The van der Waals surface area contributed by atoms with Gasteiger partial charge in [0.25, 0.3) is 10.0 Å². The molecule has 1 heterocycles. The van der Waals surface area contributed by atoms with Gasteiger partial charge in [-0.05, 0) is 61.9 Å². The summed E-state index contributed by atoms with van der Waals surface area (Å²) in [5.74, 6) is 0.444. The van der Waals surface area contributed by atoms with Crippen LogP contribution in [-0.4, -0.2) is 34.5 Å². The first kappa shape index (κ1) is 19.2. The predicted octanol–water partition coefficient (Wildman–Crippen LogP) is 2.35. The molecule has 1 aliphatic heterocycles. The van der Waals surface area contributed by atoms with E-state index in [1.54, 1.807) is 50.4 Å². The summed E-state index contributed by atoms with van der Waals surface area (Å²) < 4.78 is 33.2. The van der Waals surface area contributed by atoms with Gasteiger partial charge in [0.15, 0.2) is 0 Å². The van der Waals surface area contributed by atoms with Gasteiger partial charge in [-0.1, -0.05) is 6.07 Å². The summed E-state index contributed by atoms with van der Waals surface area (Å²) in [5, 5.41) is 5.96. The predicted molar refractivity (Wildman–Crippen MR) is 105 cm³/mol. The lowest BCUT2D eigenvalue weighted by atomic mass is 10.1. The third-order valence-electron chi connectivity index (χ3n) is 4.52. The molecule has 1 atom stereocenters. The third-order valence-corrected chi connectivity index (χ3v) is 6.04. The Morgan fingerprint density at radius 3 is 2.48 bits per heavy atom. The van der Waals surface area contributed by atoms with Gasteiger partial charge in [-0.2, -0.15) is 0 Å². The maximum Gasteiger partial charge on any atom is 0.262 e. The lowest BCUT2D eigenvalue weighted by molar-refractivity contribution is -0.119. The zero-order valence-electron chi connectivity index (χ0n) is 15.3. The minimum absolute atomic E-state index is 0.0937. The van der Waals surface area contributed by atoms with Gasteiger partial charge in [0.1, 0.15) is 5.75 Å². The highest BCUT2D eigenvalue weighted by molar-refractivity contribution is 7.92. The fourth-order valence-corrected chi connectivity index (χ4v) is 4.29. The average Bonchev–Trinajstić information content (AvgIpc) is 3.18. The van der Waals surface area contributed by atoms with E-state index in [2.05, 4.69) is 15.4 Å². The molecule has 144 valence electrons. The first-order valence-electron chi connectivity index (χ1n) is 8.68. The summed E-state index contributed by atoms with van der Waals surface area (Å²) in [6, 6.07) is 11.5. The normalized spacial score (nSPS) is 16.7. The molecule has 0 bridgehead atoms. The van der Waals surface area contributed by atoms with Crippen molar-refractivity contribution in [2.75, 3.05) is 30.2 Å². The molecule has 3 rings (SSSR count). The van der Waals surface area contributed by atoms with Gasteiger partial charge in [-0.25, -0.2) is 8.42 Å². The number of sulfonamides is 1. The molecule has 1 saturated heterocycles. The quantitative estimate of drug-likeness (QED) is 0.705. The van der Waals surface area contributed by atoms with Crippen LogP contribution >= 0.6 is 0 Å². The van der Waals surface area contributed by atoms with Crippen molar-refractivity contribution in [2.45, 2.75) is 18.2 Å². The maximum absolute atomic E-state index is 12.8. The monoisotopic (exact) mass is 389 g/mol. The van der Waals surface area contributed by atoms with E-state index in [1.807, 2.05) is 0 Å². The fraction of sp³-hybridized carbons (Fsp3) is 0.316. The molecule has 7 nitrogen and oxygen atoms in total. The minimum atomic E-state index is -3.80. The molecule has 0 saturated carbocycles. The van der Waals surface area contributed by atoms with Gasteiger partial charge in [-0.15, -0.1) is 0 Å². The first-order valence-corrected chi connectivity index (χ1v) is 10.2. The number of hydrogen-bond acceptors (Lipinski definition) is 5. The minimum Gasteiger partial charge on any atom is -0.497 e. The summed E-state index contributed by atoms with van der Waals surface area (Å²) in [6.07, 6.45) is 0.780. The van der Waals surface area contributed by atoms with E-state index in [4.69, 9.17) is 4.74 Å². The van der Waals surface area contributed by atoms with Crippen molar-refractivity contribution in [3.05, 3.63) is 48.0 Å². The van der Waals surface area contributed by atoms with Gasteiger partial charge in [0, 0.05) is 17.9 Å². The van der Waals surface area contributed by atoms with Crippen LogP contribution < -0.4 is 20.1 Å². The Morgan fingerprint density at radius 2 is 1.85 bits per heavy atom. The second kappa shape index (κ2) is 7.98. The zero-order valence-corrected chi connectivity index (χ0v) is 16.1. The van der Waals surface area contributed by atoms with E-state index < -0.39 is 10.0 Å². The second-order valence-corrected chi connectivity index (χ2v) is 8.14. The highest BCUT2D eigenvalue weighted by atomic mass is 32.2. The molecule has 1 unspecified atom stereocenters. The highest BCUT2D eigenvalue weighted by Crippen LogP contribution is 2.24. The smallest absolute Gasteiger partial charge is 0.262 e. The van der Waals surface area contributed by atoms with E-state index in [0.29, 0.717) is 29.2 Å². The molecule has 1 fully saturated rings. The molecule has 2 aromatic carbocycles. The van der Waals surface area contributed by atoms with Crippen LogP contribution in [0.4, 0.5) is 11.4 Å². The summed E-state index contributed by atoms with van der Waals surface area (Å²) in [7, 11) is -2.25. The lowest BCUT2D eigenvalue weighted by Gasteiger charge is -2.14. The van der Waals surface area contributed by atoms with E-state index in [-0.39, 0.29) is 16.7 Å². The van der Waals surface area contributed by atoms with Crippen LogP contribution in [0.1, 0.15) is 12.0 Å². The van der Waals surface area contributed by atoms with Crippen molar-refractivity contribution in [1.29, 1.82) is 0 Å². The van der Waals surface area contributed by atoms with Crippen LogP contribution in [0, 0.1) is 12.8 Å². The van der Waals surface area contributed by atoms with Gasteiger partial charge >= 0.3 is 0 Å². The number of amides is 1. The van der Waals surface area contributed by atoms with Crippen molar-refractivity contribution >= 4 is 27.3 Å². The molecule has 27 heavy (non-hydrogen) atoms. The topological polar surface area (TPSA) is 96.5 Å². The highest BCUT2D eigenvalue weighted by Gasteiger charge is 2.23. The number of benzene rings is 2. The molecule has 1 aliphatic rings. The second-order valence-electron chi connectivity index (χ2n) is 6.49. The number of anilines is 2. The van der Waals surface area contributed by atoms with Crippen molar-refractivity contribution < 1.29 is 17.9 Å². The number of methoxy groups -OCH3 is 1. The number of rotatable bonds is 6. The Kier molecular flexibility index (Phi) is 5.67. The molecular weight excluding hydrogens is 366 g/mol. The lowest BCUT2D eigenvalue weighted by Crippen LogP contribution is -2.24. The van der Waals surface area contributed by atoms with E-state index in [1.165, 1.54) is 6.07 Å². The Morgan fingerprint density at radius 1 is 1.15 bits per heavy atom. The van der Waals surface area contributed by atoms with E-state index in [0.717, 1.165) is 13.0 Å². The SMILES string of the molecule is COc1ccc(NS(=O)(=O)c2cc(NC(=O)C3CCNC3)ccc2C)cc1. The number of carbonyl (C=O) groups is 1. The molecule has 3 N–H and O–H groups in total. The van der Waals surface area contributed by atoms with Crippen LogP contribution in [0.3, 0.4) is 0 Å². The fourth-order valence-electron chi connectivity index (χ4n) is 2.96. The number of carbonyl (C=O) groups excluding carboxylic acids is 1. The molecule has 0 aliphatic carbocycles. The molecular formula is C19H23N3O4S. The van der Waals surface area contributed by atoms with E-state index in [9.17, 15) is 13.2 Å². The van der Waals surface area contributed by atoms with Crippen LogP contribution in [0.15, 0.2) is 47.4 Å². The van der Waals surface area contributed by atoms with Crippen molar-refractivity contribution in [3.63, 3.8) is 0 Å². The first-order chi connectivity index (χ1) is 12.9. The number of aryl methyl sites for hydroxylation is 1. The molecule has 0 spiro atoms. The maximum atomic E-state index is 12.8. The summed E-state index contributed by atoms with van der Waals surface area (Å²) in [5.41, 5.74) is 1.49. The van der Waals surface area contributed by atoms with E-state index >= 15 is 0 Å². The Hall–Kier alpha value is -2.58. The van der Waals surface area contributed by atoms with Gasteiger partial charge < -0.3 is 15.4 Å².